The number of ether oxygens (including phenoxy) is 1. The second kappa shape index (κ2) is 9.75. The first-order chi connectivity index (χ1) is 10.8. The van der Waals surface area contributed by atoms with Crippen LogP contribution in [-0.2, 0) is 11.2 Å². The molecule has 1 aliphatic heterocycles. The lowest BCUT2D eigenvalue weighted by Gasteiger charge is -2.26. The topological polar surface area (TPSA) is 29.5 Å². The van der Waals surface area contributed by atoms with Gasteiger partial charge < -0.3 is 4.74 Å². The lowest BCUT2D eigenvalue weighted by molar-refractivity contribution is 0.0370. The molecule has 3 nitrogen and oxygen atoms in total. The Morgan fingerprint density at radius 2 is 1.82 bits per heavy atom. The van der Waals surface area contributed by atoms with Gasteiger partial charge in [-0.2, -0.15) is 0 Å². The molecule has 0 bridgehead atoms. The van der Waals surface area contributed by atoms with E-state index >= 15 is 0 Å². The zero-order chi connectivity index (χ0) is 15.6. The van der Waals surface area contributed by atoms with Gasteiger partial charge in [0, 0.05) is 31.6 Å². The van der Waals surface area contributed by atoms with Crippen molar-refractivity contribution in [3.8, 4) is 0 Å². The Morgan fingerprint density at radius 1 is 1.09 bits per heavy atom. The standard InChI is InChI=1S/C19H29NO2/c1-2-3-4-5-6-17-7-9-18(10-8-17)19(21)11-12-20-13-15-22-16-14-20/h7-10H,2-6,11-16H2,1H3. The lowest BCUT2D eigenvalue weighted by Crippen LogP contribution is -2.37. The highest BCUT2D eigenvalue weighted by atomic mass is 16.5. The predicted molar refractivity (Wildman–Crippen MR) is 90.5 cm³/mol. The third-order valence-corrected chi connectivity index (χ3v) is 4.35. The highest BCUT2D eigenvalue weighted by Crippen LogP contribution is 2.11. The first-order valence-corrected chi connectivity index (χ1v) is 8.72. The summed E-state index contributed by atoms with van der Waals surface area (Å²) in [6.07, 6.45) is 6.88. The molecule has 0 aromatic heterocycles. The number of nitrogens with zero attached hydrogens (tertiary/aromatic N) is 1. The number of hydrogen-bond acceptors (Lipinski definition) is 3. The summed E-state index contributed by atoms with van der Waals surface area (Å²) in [4.78, 5) is 14.5. The van der Waals surface area contributed by atoms with Crippen molar-refractivity contribution in [3.63, 3.8) is 0 Å². The van der Waals surface area contributed by atoms with Crippen molar-refractivity contribution in [2.24, 2.45) is 0 Å². The van der Waals surface area contributed by atoms with Crippen LogP contribution in [0.25, 0.3) is 0 Å². The molecule has 122 valence electrons. The SMILES string of the molecule is CCCCCCc1ccc(C(=O)CCN2CCOCC2)cc1. The largest absolute Gasteiger partial charge is 0.379 e. The van der Waals surface area contributed by atoms with Crippen LogP contribution in [0.15, 0.2) is 24.3 Å². The van der Waals surface area contributed by atoms with Gasteiger partial charge in [0.1, 0.15) is 0 Å². The van der Waals surface area contributed by atoms with Crippen LogP contribution in [0.1, 0.15) is 54.9 Å². The van der Waals surface area contributed by atoms with Gasteiger partial charge in [-0.05, 0) is 18.4 Å². The average Bonchev–Trinajstić information content (AvgIpc) is 2.58. The Kier molecular flexibility index (Phi) is 7.61. The van der Waals surface area contributed by atoms with E-state index in [0.717, 1.165) is 44.8 Å². The molecule has 0 unspecified atom stereocenters. The van der Waals surface area contributed by atoms with Crippen molar-refractivity contribution in [2.45, 2.75) is 45.4 Å². The third kappa shape index (κ3) is 5.90. The van der Waals surface area contributed by atoms with Crippen LogP contribution in [0.5, 0.6) is 0 Å². The first kappa shape index (κ1) is 17.2. The van der Waals surface area contributed by atoms with E-state index in [1.165, 1.54) is 31.2 Å². The Labute approximate surface area is 134 Å². The number of rotatable bonds is 9. The van der Waals surface area contributed by atoms with Crippen molar-refractivity contribution in [1.29, 1.82) is 0 Å². The number of carbonyl (C=O) groups excluding carboxylic acids is 1. The van der Waals surface area contributed by atoms with E-state index in [0.29, 0.717) is 6.42 Å². The van der Waals surface area contributed by atoms with Gasteiger partial charge in [-0.3, -0.25) is 9.69 Å². The maximum absolute atomic E-state index is 12.2. The third-order valence-electron chi connectivity index (χ3n) is 4.35. The Bertz CT molecular complexity index is 435. The van der Waals surface area contributed by atoms with Gasteiger partial charge in [-0.1, -0.05) is 50.5 Å². The summed E-state index contributed by atoms with van der Waals surface area (Å²) >= 11 is 0. The van der Waals surface area contributed by atoms with E-state index in [4.69, 9.17) is 4.74 Å². The molecule has 1 aliphatic rings. The maximum Gasteiger partial charge on any atom is 0.164 e. The minimum atomic E-state index is 0.254. The zero-order valence-corrected chi connectivity index (χ0v) is 13.9. The zero-order valence-electron chi connectivity index (χ0n) is 13.9. The van der Waals surface area contributed by atoms with E-state index < -0.39 is 0 Å². The van der Waals surface area contributed by atoms with Crippen LogP contribution in [0, 0.1) is 0 Å². The summed E-state index contributed by atoms with van der Waals surface area (Å²) in [5.74, 6) is 0.254. The van der Waals surface area contributed by atoms with Crippen molar-refractivity contribution in [3.05, 3.63) is 35.4 Å². The Balaban J connectivity index is 1.73. The molecular formula is C19H29NO2. The number of aryl methyl sites for hydroxylation is 1. The fraction of sp³-hybridized carbons (Fsp3) is 0.632. The number of ketones is 1. The number of Topliss-reactive ketones (excluding diaryl/α,β-unsaturated/α-hetero) is 1. The van der Waals surface area contributed by atoms with Gasteiger partial charge in [-0.25, -0.2) is 0 Å². The molecule has 1 fully saturated rings. The quantitative estimate of drug-likeness (QED) is 0.514. The molecule has 0 aliphatic carbocycles. The van der Waals surface area contributed by atoms with Gasteiger partial charge in [-0.15, -0.1) is 0 Å². The number of benzene rings is 1. The predicted octanol–water partition coefficient (Wildman–Crippen LogP) is 3.71. The summed E-state index contributed by atoms with van der Waals surface area (Å²) in [7, 11) is 0. The average molecular weight is 303 g/mol. The molecule has 1 saturated heterocycles. The summed E-state index contributed by atoms with van der Waals surface area (Å²) in [6.45, 7) is 6.56. The molecule has 0 radical (unpaired) electrons. The lowest BCUT2D eigenvalue weighted by atomic mass is 10.0. The normalized spacial score (nSPS) is 15.9. The molecule has 3 heteroatoms. The van der Waals surface area contributed by atoms with E-state index in [-0.39, 0.29) is 5.78 Å². The van der Waals surface area contributed by atoms with Crippen LogP contribution < -0.4 is 0 Å². The van der Waals surface area contributed by atoms with E-state index in [2.05, 4.69) is 24.0 Å². The fourth-order valence-electron chi connectivity index (χ4n) is 2.84. The monoisotopic (exact) mass is 303 g/mol. The van der Waals surface area contributed by atoms with Crippen LogP contribution >= 0.6 is 0 Å². The molecule has 1 aromatic carbocycles. The van der Waals surface area contributed by atoms with E-state index in [1.54, 1.807) is 0 Å². The van der Waals surface area contributed by atoms with Gasteiger partial charge in [0.25, 0.3) is 0 Å². The molecule has 0 spiro atoms. The molecule has 0 N–H and O–H groups in total. The Morgan fingerprint density at radius 3 is 2.50 bits per heavy atom. The summed E-state index contributed by atoms with van der Waals surface area (Å²) in [6, 6.07) is 8.23. The number of unbranched alkanes of at least 4 members (excludes halogenated alkanes) is 3. The smallest absolute Gasteiger partial charge is 0.164 e. The second-order valence-corrected chi connectivity index (χ2v) is 6.13. The van der Waals surface area contributed by atoms with Crippen LogP contribution in [0.2, 0.25) is 0 Å². The number of hydrogen-bond donors (Lipinski definition) is 0. The maximum atomic E-state index is 12.2. The molecule has 0 saturated carbocycles. The number of morpholine rings is 1. The van der Waals surface area contributed by atoms with Crippen LogP contribution in [0.4, 0.5) is 0 Å². The highest BCUT2D eigenvalue weighted by Gasteiger charge is 2.12. The molecular weight excluding hydrogens is 274 g/mol. The molecule has 0 amide bonds. The molecule has 1 aromatic rings. The molecule has 1 heterocycles. The first-order valence-electron chi connectivity index (χ1n) is 8.72. The number of carbonyl (C=O) groups is 1. The van der Waals surface area contributed by atoms with Crippen molar-refractivity contribution >= 4 is 5.78 Å². The summed E-state index contributed by atoms with van der Waals surface area (Å²) in [5, 5.41) is 0. The second-order valence-electron chi connectivity index (χ2n) is 6.13. The van der Waals surface area contributed by atoms with Crippen molar-refractivity contribution in [1.82, 2.24) is 4.90 Å². The van der Waals surface area contributed by atoms with Gasteiger partial charge in [0.2, 0.25) is 0 Å². The fourth-order valence-corrected chi connectivity index (χ4v) is 2.84. The van der Waals surface area contributed by atoms with E-state index in [9.17, 15) is 4.79 Å². The van der Waals surface area contributed by atoms with Crippen LogP contribution in [0.3, 0.4) is 0 Å². The minimum absolute atomic E-state index is 0.254. The highest BCUT2D eigenvalue weighted by molar-refractivity contribution is 5.96. The molecule has 22 heavy (non-hydrogen) atoms. The summed E-state index contributed by atoms with van der Waals surface area (Å²) < 4.78 is 5.33. The van der Waals surface area contributed by atoms with Gasteiger partial charge in [0.15, 0.2) is 5.78 Å². The van der Waals surface area contributed by atoms with Crippen molar-refractivity contribution in [2.75, 3.05) is 32.8 Å². The minimum Gasteiger partial charge on any atom is -0.379 e. The van der Waals surface area contributed by atoms with Gasteiger partial charge in [0.05, 0.1) is 13.2 Å². The Hall–Kier alpha value is -1.19. The summed E-state index contributed by atoms with van der Waals surface area (Å²) in [5.41, 5.74) is 2.20. The van der Waals surface area contributed by atoms with E-state index in [1.807, 2.05) is 12.1 Å². The van der Waals surface area contributed by atoms with Gasteiger partial charge >= 0.3 is 0 Å². The molecule has 0 atom stereocenters. The van der Waals surface area contributed by atoms with Crippen LogP contribution in [-0.4, -0.2) is 43.5 Å². The molecule has 2 rings (SSSR count). The van der Waals surface area contributed by atoms with Crippen molar-refractivity contribution < 1.29 is 9.53 Å².